The molecule has 0 atom stereocenters. The van der Waals surface area contributed by atoms with Crippen molar-refractivity contribution in [2.75, 3.05) is 12.4 Å². The maximum Gasteiger partial charge on any atom is 0.328 e. The molecule has 12 rings (SSSR count). The molecule has 18 heteroatoms. The molecular formula is C64H41B2Cl2N7O6S. The standard InChI is InChI=1S/C64H41B2Cl2N7O6S/c1-71-58(64-73-53-34-30-48(68)38-55(53)81-64)62-57-56(59(41-27-31-49(32-28-41)79-35-16-36-82(76,77)78)74(62)65(43-18-6-2-7-19-43)44-20-8-3-9-21-44)61(51(40-70)63-72-52-33-29-47(67)37-54(52)80-63)75(60(57)50-26-15-14-17-42(50)39-69)66(45-22-10-4-11-23-45)46-24-12-5-13-25-46/h2-15,17-34,37-38H,16,35-36H2,(H,76,77,78)/b61-51-,62-58+. The van der Waals surface area contributed by atoms with Crippen LogP contribution in [0.25, 0.3) is 71.6 Å². The second-order valence-electron chi connectivity index (χ2n) is 19.2. The molecule has 394 valence electrons. The smallest absolute Gasteiger partial charge is 0.328 e. The summed E-state index contributed by atoms with van der Waals surface area (Å²) in [5.74, 6) is -0.132. The molecule has 13 nitrogen and oxygen atoms in total. The highest BCUT2D eigenvalue weighted by molar-refractivity contribution is 7.85. The number of aromatic nitrogens is 4. The Labute approximate surface area is 481 Å². The predicted molar refractivity (Wildman–Crippen MR) is 323 cm³/mol. The summed E-state index contributed by atoms with van der Waals surface area (Å²) >= 11 is 13.2. The van der Waals surface area contributed by atoms with Gasteiger partial charge in [-0.25, -0.2) is 14.8 Å². The van der Waals surface area contributed by atoms with Crippen LogP contribution in [0.15, 0.2) is 215 Å². The minimum absolute atomic E-state index is 0.00963. The van der Waals surface area contributed by atoms with Crippen LogP contribution in [0.1, 0.15) is 23.8 Å². The van der Waals surface area contributed by atoms with Gasteiger partial charge in [0.15, 0.2) is 11.2 Å². The minimum Gasteiger partial charge on any atom is -0.494 e. The van der Waals surface area contributed by atoms with Crippen LogP contribution in [0.3, 0.4) is 0 Å². The lowest BCUT2D eigenvalue weighted by Crippen LogP contribution is -2.54. The summed E-state index contributed by atoms with van der Waals surface area (Å²) in [5, 5.41) is 25.9. The van der Waals surface area contributed by atoms with Gasteiger partial charge in [0.2, 0.25) is 11.8 Å². The molecule has 4 aromatic heterocycles. The molecule has 0 bridgehead atoms. The molecule has 0 aliphatic carbocycles. The lowest BCUT2D eigenvalue weighted by molar-refractivity contribution is 0.316. The molecule has 0 spiro atoms. The normalized spacial score (nSPS) is 12.2. The van der Waals surface area contributed by atoms with Crippen LogP contribution in [-0.4, -0.2) is 57.9 Å². The second-order valence-corrected chi connectivity index (χ2v) is 21.7. The number of nitriles is 2. The van der Waals surface area contributed by atoms with Gasteiger partial charge in [0.05, 0.1) is 41.3 Å². The van der Waals surface area contributed by atoms with Gasteiger partial charge >= 0.3 is 13.7 Å². The van der Waals surface area contributed by atoms with E-state index >= 15 is 0 Å². The molecule has 0 fully saturated rings. The SMILES string of the molecule is [C-]#[N+]/C(c1nc2ccc(Cl)cc2o1)=c1\c2c(-c3ccccc3C#N)n(B(c3ccccc3)c3ccccc3)/c(=C(/C#N)c3nc4ccc(Cl)cc4o3)c2c(-c2ccc(OCCCS(=O)(=O)O)cc2)n1B(c1ccccc1)c1ccccc1. The summed E-state index contributed by atoms with van der Waals surface area (Å²) in [6.07, 6.45) is 0.0309. The summed E-state index contributed by atoms with van der Waals surface area (Å²) in [6.45, 7) is 7.94. The number of halogens is 2. The predicted octanol–water partition coefficient (Wildman–Crippen LogP) is 10.0. The molecule has 12 aromatic rings. The topological polar surface area (TPSA) is 177 Å². The van der Waals surface area contributed by atoms with Crippen LogP contribution in [0.2, 0.25) is 10.0 Å². The molecule has 0 amide bonds. The van der Waals surface area contributed by atoms with Gasteiger partial charge in [0, 0.05) is 49.9 Å². The van der Waals surface area contributed by atoms with E-state index in [1.165, 1.54) is 0 Å². The van der Waals surface area contributed by atoms with Gasteiger partial charge in [0.1, 0.15) is 28.4 Å². The number of ether oxygens (including phenoxy) is 1. The van der Waals surface area contributed by atoms with E-state index in [2.05, 4.69) is 25.9 Å². The van der Waals surface area contributed by atoms with Gasteiger partial charge in [-0.2, -0.15) is 18.9 Å². The van der Waals surface area contributed by atoms with Gasteiger partial charge in [-0.1, -0.05) is 185 Å². The molecule has 0 radical (unpaired) electrons. The van der Waals surface area contributed by atoms with Crippen molar-refractivity contribution in [2.24, 2.45) is 0 Å². The van der Waals surface area contributed by atoms with Gasteiger partial charge in [0.25, 0.3) is 15.8 Å². The largest absolute Gasteiger partial charge is 0.494 e. The van der Waals surface area contributed by atoms with E-state index in [0.717, 1.165) is 21.9 Å². The molecule has 0 saturated heterocycles. The fourth-order valence-corrected chi connectivity index (χ4v) is 11.6. The minimum atomic E-state index is -4.23. The number of rotatable bonds is 15. The fraction of sp³-hybridized carbons (Fsp3) is 0.0469. The van der Waals surface area contributed by atoms with Crippen molar-refractivity contribution in [3.63, 3.8) is 0 Å². The molecule has 4 heterocycles. The second kappa shape index (κ2) is 22.4. The van der Waals surface area contributed by atoms with Crippen molar-refractivity contribution in [1.82, 2.24) is 18.9 Å². The molecule has 0 saturated carbocycles. The van der Waals surface area contributed by atoms with Crippen LogP contribution in [0.4, 0.5) is 0 Å². The number of fused-ring (bicyclic) bond motifs is 3. The molecule has 0 unspecified atom stereocenters. The summed E-state index contributed by atoms with van der Waals surface area (Å²) in [5.41, 5.74) is 7.16. The van der Waals surface area contributed by atoms with E-state index in [9.17, 15) is 30.1 Å². The van der Waals surface area contributed by atoms with Crippen molar-refractivity contribution in [3.8, 4) is 40.4 Å². The first kappa shape index (κ1) is 52.8. The van der Waals surface area contributed by atoms with Crippen molar-refractivity contribution >= 4 is 113 Å². The van der Waals surface area contributed by atoms with E-state index in [1.807, 2.05) is 146 Å². The van der Waals surface area contributed by atoms with Gasteiger partial charge in [-0.05, 0) is 66.6 Å². The lowest BCUT2D eigenvalue weighted by atomic mass is 9.50. The van der Waals surface area contributed by atoms with Crippen molar-refractivity contribution < 1.29 is 26.5 Å². The Morgan fingerprint density at radius 1 is 0.622 bits per heavy atom. The zero-order valence-corrected chi connectivity index (χ0v) is 45.5. The molecule has 82 heavy (non-hydrogen) atoms. The zero-order chi connectivity index (χ0) is 56.5. The van der Waals surface area contributed by atoms with E-state index in [1.54, 1.807) is 60.7 Å². The van der Waals surface area contributed by atoms with Crippen LogP contribution in [0.5, 0.6) is 5.75 Å². The fourth-order valence-electron chi connectivity index (χ4n) is 10.8. The average molecular weight is 1130 g/mol. The highest BCUT2D eigenvalue weighted by Gasteiger charge is 2.38. The number of hydrogen-bond acceptors (Lipinski definition) is 9. The monoisotopic (exact) mass is 1130 g/mol. The van der Waals surface area contributed by atoms with Crippen molar-refractivity contribution in [3.05, 3.63) is 256 Å². The molecule has 0 aliphatic heterocycles. The van der Waals surface area contributed by atoms with E-state index in [0.29, 0.717) is 87.5 Å². The number of oxazole rings is 2. The van der Waals surface area contributed by atoms with Gasteiger partial charge in [-0.3, -0.25) is 4.55 Å². The third kappa shape index (κ3) is 10.00. The lowest BCUT2D eigenvalue weighted by Gasteiger charge is -2.24. The first-order valence-corrected chi connectivity index (χ1v) is 28.2. The van der Waals surface area contributed by atoms with Crippen LogP contribution >= 0.6 is 23.2 Å². The number of nitrogens with zero attached hydrogens (tertiary/aromatic N) is 7. The van der Waals surface area contributed by atoms with Crippen LogP contribution < -0.4 is 37.3 Å². The Morgan fingerprint density at radius 3 is 1.60 bits per heavy atom. The Morgan fingerprint density at radius 2 is 1.10 bits per heavy atom. The van der Waals surface area contributed by atoms with Gasteiger partial charge in [-0.15, -0.1) is 0 Å². The Hall–Kier alpha value is -9.85. The summed E-state index contributed by atoms with van der Waals surface area (Å²) in [7, 11) is -4.23. The van der Waals surface area contributed by atoms with Crippen LogP contribution in [0, 0.1) is 29.2 Å². The van der Waals surface area contributed by atoms with E-state index in [4.69, 9.17) is 46.7 Å². The first-order valence-electron chi connectivity index (χ1n) is 25.9. The zero-order valence-electron chi connectivity index (χ0n) is 43.2. The number of benzene rings is 8. The average Bonchev–Trinajstić information content (AvgIpc) is 3.49. The summed E-state index contributed by atoms with van der Waals surface area (Å²) in [4.78, 5) is 14.5. The molecular weight excluding hydrogens is 1090 g/mol. The third-order valence-electron chi connectivity index (χ3n) is 14.2. The molecule has 1 N–H and O–H groups in total. The first-order chi connectivity index (χ1) is 40.0. The summed E-state index contributed by atoms with van der Waals surface area (Å²) in [6, 6.07) is 69.1. The Kier molecular flexibility index (Phi) is 14.4. The maximum absolute atomic E-state index is 12.2. The quantitative estimate of drug-likeness (QED) is 0.0450. The number of hydrogen-bond donors (Lipinski definition) is 1. The maximum atomic E-state index is 12.2. The van der Waals surface area contributed by atoms with E-state index < -0.39 is 29.6 Å². The molecule has 0 aliphatic rings. The highest BCUT2D eigenvalue weighted by atomic mass is 35.5. The van der Waals surface area contributed by atoms with E-state index in [-0.39, 0.29) is 36.1 Å². The summed E-state index contributed by atoms with van der Waals surface area (Å²) < 4.78 is 56.4. The molecule has 8 aromatic carbocycles. The van der Waals surface area contributed by atoms with Crippen LogP contribution in [-0.2, 0) is 10.1 Å². The third-order valence-corrected chi connectivity index (χ3v) is 15.5. The van der Waals surface area contributed by atoms with Gasteiger partial charge < -0.3 is 22.5 Å². The Bertz CT molecular complexity index is 4620. The highest BCUT2D eigenvalue weighted by Crippen LogP contribution is 2.39. The van der Waals surface area contributed by atoms with Crippen molar-refractivity contribution in [1.29, 1.82) is 10.5 Å². The van der Waals surface area contributed by atoms with Crippen molar-refractivity contribution in [2.45, 2.75) is 6.42 Å². The Balaban J connectivity index is 1.40.